The number of hydrogen-bond acceptors (Lipinski definition) is 6. The number of anilines is 1. The van der Waals surface area contributed by atoms with E-state index >= 15 is 0 Å². The molecule has 0 aliphatic carbocycles. The third-order valence-electron chi connectivity index (χ3n) is 4.46. The van der Waals surface area contributed by atoms with Gasteiger partial charge in [-0.3, -0.25) is 4.98 Å². The zero-order valence-corrected chi connectivity index (χ0v) is 16.2. The first kappa shape index (κ1) is 18.7. The number of rotatable bonds is 8. The van der Waals surface area contributed by atoms with Crippen LogP contribution >= 0.6 is 0 Å². The Balaban J connectivity index is 1.41. The molecule has 0 spiro atoms. The fraction of sp³-hybridized carbons (Fsp3) is 0.174. The van der Waals surface area contributed by atoms with Gasteiger partial charge in [-0.1, -0.05) is 12.1 Å². The Hall–Kier alpha value is -3.67. The number of pyridine rings is 1. The molecule has 1 N–H and O–H groups in total. The first-order valence-corrected chi connectivity index (χ1v) is 9.51. The summed E-state index contributed by atoms with van der Waals surface area (Å²) in [6.45, 7) is 1.35. The number of para-hydroxylation sites is 1. The van der Waals surface area contributed by atoms with Crippen LogP contribution < -0.4 is 14.8 Å². The molecule has 146 valence electrons. The second kappa shape index (κ2) is 9.01. The third kappa shape index (κ3) is 4.60. The van der Waals surface area contributed by atoms with Crippen LogP contribution in [0.15, 0.2) is 73.1 Å². The van der Waals surface area contributed by atoms with Crippen molar-refractivity contribution in [2.75, 3.05) is 25.6 Å². The Morgan fingerprint density at radius 3 is 2.52 bits per heavy atom. The van der Waals surface area contributed by atoms with E-state index in [1.165, 1.54) is 0 Å². The molecular formula is C23H22N4O2. The minimum atomic E-state index is 0.609. The molecule has 0 bridgehead atoms. The maximum atomic E-state index is 5.79. The van der Waals surface area contributed by atoms with Crippen LogP contribution in [0.2, 0.25) is 0 Å². The highest BCUT2D eigenvalue weighted by Gasteiger charge is 2.09. The lowest BCUT2D eigenvalue weighted by atomic mass is 10.2. The second-order valence-electron chi connectivity index (χ2n) is 6.46. The first-order chi connectivity index (χ1) is 14.3. The average molecular weight is 386 g/mol. The smallest absolute Gasteiger partial charge is 0.163 e. The number of fused-ring (bicyclic) bond motifs is 1. The normalized spacial score (nSPS) is 10.7. The van der Waals surface area contributed by atoms with Gasteiger partial charge in [0, 0.05) is 29.9 Å². The van der Waals surface area contributed by atoms with E-state index < -0.39 is 0 Å². The number of nitrogens with zero attached hydrogens (tertiary/aromatic N) is 3. The number of benzene rings is 2. The van der Waals surface area contributed by atoms with Crippen LogP contribution in [-0.2, 0) is 0 Å². The topological polar surface area (TPSA) is 69.2 Å². The predicted octanol–water partition coefficient (Wildman–Crippen LogP) is 4.58. The van der Waals surface area contributed by atoms with Crippen LogP contribution in [0.5, 0.6) is 11.5 Å². The summed E-state index contributed by atoms with van der Waals surface area (Å²) >= 11 is 0. The Bertz CT molecular complexity index is 1070. The summed E-state index contributed by atoms with van der Waals surface area (Å²) in [6, 6.07) is 19.4. The van der Waals surface area contributed by atoms with E-state index in [0.29, 0.717) is 12.4 Å². The molecule has 0 aliphatic heterocycles. The Kier molecular flexibility index (Phi) is 5.81. The Morgan fingerprint density at radius 2 is 1.72 bits per heavy atom. The van der Waals surface area contributed by atoms with Gasteiger partial charge in [-0.2, -0.15) is 0 Å². The van der Waals surface area contributed by atoms with Crippen molar-refractivity contribution >= 4 is 16.7 Å². The Morgan fingerprint density at radius 1 is 0.897 bits per heavy atom. The van der Waals surface area contributed by atoms with Gasteiger partial charge in [0.1, 0.15) is 17.3 Å². The monoisotopic (exact) mass is 386 g/mol. The maximum absolute atomic E-state index is 5.79. The van der Waals surface area contributed by atoms with Crippen molar-refractivity contribution < 1.29 is 9.47 Å². The van der Waals surface area contributed by atoms with Crippen LogP contribution in [0.25, 0.3) is 22.3 Å². The number of aromatic nitrogens is 3. The van der Waals surface area contributed by atoms with E-state index in [1.54, 1.807) is 19.5 Å². The minimum Gasteiger partial charge on any atom is -0.497 e. The van der Waals surface area contributed by atoms with Gasteiger partial charge in [0.05, 0.1) is 19.2 Å². The van der Waals surface area contributed by atoms with Crippen molar-refractivity contribution in [2.24, 2.45) is 0 Å². The maximum Gasteiger partial charge on any atom is 0.163 e. The fourth-order valence-corrected chi connectivity index (χ4v) is 2.98. The first-order valence-electron chi connectivity index (χ1n) is 9.51. The van der Waals surface area contributed by atoms with Crippen LogP contribution in [0, 0.1) is 0 Å². The van der Waals surface area contributed by atoms with E-state index in [9.17, 15) is 0 Å². The highest BCUT2D eigenvalue weighted by molar-refractivity contribution is 5.90. The van der Waals surface area contributed by atoms with E-state index in [-0.39, 0.29) is 0 Å². The quantitative estimate of drug-likeness (QED) is 0.447. The van der Waals surface area contributed by atoms with Gasteiger partial charge < -0.3 is 14.8 Å². The molecule has 6 heteroatoms. The molecule has 4 rings (SSSR count). The number of methoxy groups -OCH3 is 1. The molecule has 2 aromatic heterocycles. The molecule has 0 atom stereocenters. The standard InChI is InChI=1S/C23H22N4O2/c1-28-18-9-11-19(12-10-18)29-15-5-14-25-23-20-7-2-3-8-21(20)26-22(27-23)17-6-4-13-24-16-17/h2-4,6-13,16H,5,14-15H2,1H3,(H,25,26,27). The van der Waals surface area contributed by atoms with Crippen molar-refractivity contribution in [3.63, 3.8) is 0 Å². The number of hydrogen-bond donors (Lipinski definition) is 1. The lowest BCUT2D eigenvalue weighted by molar-refractivity contribution is 0.314. The van der Waals surface area contributed by atoms with E-state index in [1.807, 2.05) is 60.7 Å². The summed E-state index contributed by atoms with van der Waals surface area (Å²) < 4.78 is 10.9. The molecule has 4 aromatic rings. The molecule has 29 heavy (non-hydrogen) atoms. The van der Waals surface area contributed by atoms with Crippen molar-refractivity contribution in [1.29, 1.82) is 0 Å². The molecular weight excluding hydrogens is 364 g/mol. The van der Waals surface area contributed by atoms with Gasteiger partial charge in [-0.25, -0.2) is 9.97 Å². The molecule has 6 nitrogen and oxygen atoms in total. The summed E-state index contributed by atoms with van der Waals surface area (Å²) in [7, 11) is 1.65. The lowest BCUT2D eigenvalue weighted by Crippen LogP contribution is -2.09. The molecule has 0 unspecified atom stereocenters. The number of nitrogens with one attached hydrogen (secondary N) is 1. The summed E-state index contributed by atoms with van der Waals surface area (Å²) in [5.41, 5.74) is 1.79. The second-order valence-corrected chi connectivity index (χ2v) is 6.46. The highest BCUT2D eigenvalue weighted by Crippen LogP contribution is 2.24. The van der Waals surface area contributed by atoms with E-state index in [2.05, 4.69) is 15.3 Å². The van der Waals surface area contributed by atoms with Gasteiger partial charge in [0.2, 0.25) is 0 Å². The SMILES string of the molecule is COc1ccc(OCCCNc2nc(-c3cccnc3)nc3ccccc23)cc1. The van der Waals surface area contributed by atoms with Crippen LogP contribution in [0.3, 0.4) is 0 Å². The van der Waals surface area contributed by atoms with Crippen LogP contribution in [0.4, 0.5) is 5.82 Å². The van der Waals surface area contributed by atoms with Gasteiger partial charge >= 0.3 is 0 Å². The zero-order chi connectivity index (χ0) is 19.9. The minimum absolute atomic E-state index is 0.609. The molecule has 2 heterocycles. The average Bonchev–Trinajstić information content (AvgIpc) is 2.79. The molecule has 0 radical (unpaired) electrons. The molecule has 0 saturated heterocycles. The summed E-state index contributed by atoms with van der Waals surface area (Å²) in [5.74, 6) is 3.13. The highest BCUT2D eigenvalue weighted by atomic mass is 16.5. The summed E-state index contributed by atoms with van der Waals surface area (Å²) in [6.07, 6.45) is 4.36. The number of ether oxygens (including phenoxy) is 2. The molecule has 2 aromatic carbocycles. The largest absolute Gasteiger partial charge is 0.497 e. The van der Waals surface area contributed by atoms with Crippen molar-refractivity contribution in [3.05, 3.63) is 73.1 Å². The van der Waals surface area contributed by atoms with E-state index in [4.69, 9.17) is 14.5 Å². The van der Waals surface area contributed by atoms with Crippen LogP contribution in [0.1, 0.15) is 6.42 Å². The molecule has 0 fully saturated rings. The lowest BCUT2D eigenvalue weighted by Gasteiger charge is -2.11. The summed E-state index contributed by atoms with van der Waals surface area (Å²) in [4.78, 5) is 13.6. The van der Waals surface area contributed by atoms with Crippen molar-refractivity contribution in [3.8, 4) is 22.9 Å². The predicted molar refractivity (Wildman–Crippen MR) is 114 cm³/mol. The Labute approximate surface area is 169 Å². The van der Waals surface area contributed by atoms with Crippen LogP contribution in [-0.4, -0.2) is 35.2 Å². The van der Waals surface area contributed by atoms with E-state index in [0.717, 1.165) is 46.7 Å². The van der Waals surface area contributed by atoms with Crippen molar-refractivity contribution in [2.45, 2.75) is 6.42 Å². The summed E-state index contributed by atoms with van der Waals surface area (Å²) in [5, 5.41) is 4.43. The third-order valence-corrected chi connectivity index (χ3v) is 4.46. The molecule has 0 saturated carbocycles. The van der Waals surface area contributed by atoms with Gasteiger partial charge in [0.15, 0.2) is 5.82 Å². The van der Waals surface area contributed by atoms with Gasteiger partial charge in [-0.15, -0.1) is 0 Å². The zero-order valence-electron chi connectivity index (χ0n) is 16.2. The molecule has 0 aliphatic rings. The molecule has 0 amide bonds. The van der Waals surface area contributed by atoms with Gasteiger partial charge in [-0.05, 0) is 55.0 Å². The van der Waals surface area contributed by atoms with Crippen molar-refractivity contribution in [1.82, 2.24) is 15.0 Å². The fourth-order valence-electron chi connectivity index (χ4n) is 2.98. The van der Waals surface area contributed by atoms with Gasteiger partial charge in [0.25, 0.3) is 0 Å².